The lowest BCUT2D eigenvalue weighted by molar-refractivity contribution is -0.134. The highest BCUT2D eigenvalue weighted by atomic mass is 16.2. The van der Waals surface area contributed by atoms with E-state index in [-0.39, 0.29) is 11.9 Å². The second-order valence-electron chi connectivity index (χ2n) is 13.3. The monoisotopic (exact) mass is 616 g/mol. The molecule has 5 rings (SSSR count). The zero-order valence-electron chi connectivity index (χ0n) is 27.7. The highest BCUT2D eigenvalue weighted by Gasteiger charge is 2.33. The lowest BCUT2D eigenvalue weighted by Crippen LogP contribution is -2.57. The van der Waals surface area contributed by atoms with Crippen LogP contribution in [-0.2, 0) is 30.5 Å². The van der Waals surface area contributed by atoms with Gasteiger partial charge in [-0.1, -0.05) is 56.7 Å². The molecule has 0 bridgehead atoms. The van der Waals surface area contributed by atoms with Crippen LogP contribution in [0.3, 0.4) is 0 Å². The van der Waals surface area contributed by atoms with Crippen molar-refractivity contribution in [1.82, 2.24) is 25.3 Å². The van der Waals surface area contributed by atoms with Crippen molar-refractivity contribution in [3.63, 3.8) is 0 Å². The van der Waals surface area contributed by atoms with Gasteiger partial charge in [0.1, 0.15) is 6.04 Å². The molecule has 2 aromatic carbocycles. The van der Waals surface area contributed by atoms with Crippen LogP contribution in [0.25, 0.3) is 0 Å². The molecule has 0 radical (unpaired) electrons. The summed E-state index contributed by atoms with van der Waals surface area (Å²) in [6.45, 7) is 10.5. The zero-order valence-corrected chi connectivity index (χ0v) is 27.7. The Bertz CT molecular complexity index is 1250. The third-order valence-electron chi connectivity index (χ3n) is 10.4. The number of hydrogen-bond donors (Lipinski definition) is 3. The van der Waals surface area contributed by atoms with Gasteiger partial charge in [0.05, 0.1) is 0 Å². The van der Waals surface area contributed by atoms with E-state index < -0.39 is 6.04 Å². The quantitative estimate of drug-likeness (QED) is 0.316. The maximum atomic E-state index is 14.1. The maximum Gasteiger partial charge on any atom is 0.318 e. The first-order valence-corrected chi connectivity index (χ1v) is 17.7. The minimum atomic E-state index is -0.562. The topological polar surface area (TPSA) is 93.9 Å². The van der Waals surface area contributed by atoms with E-state index in [4.69, 9.17) is 5.73 Å². The van der Waals surface area contributed by atoms with E-state index in [1.807, 2.05) is 28.0 Å². The van der Waals surface area contributed by atoms with Crippen molar-refractivity contribution < 1.29 is 9.59 Å². The molecule has 0 spiro atoms. The standard InChI is InChI=1S/C37H56N6O2/c1-3-29-13-12-28(26-30(29)4-2)27-35(36(44)42-24-17-33(18-25-42)41-20-8-5-9-21-41)40-37(45)43-22-15-32(16-23-43)39-19-14-31-10-6-7-11-34(31)38/h6-7,10-13,26,32-33,35,39H,3-5,8-9,14-25,27,38H2,1-2H3,(H,40,45)/t35-/m1/s1. The minimum Gasteiger partial charge on any atom is -0.399 e. The molecule has 0 saturated carbocycles. The largest absolute Gasteiger partial charge is 0.399 e. The second kappa shape index (κ2) is 16.5. The highest BCUT2D eigenvalue weighted by Crippen LogP contribution is 2.23. The summed E-state index contributed by atoms with van der Waals surface area (Å²) < 4.78 is 0. The van der Waals surface area contributed by atoms with Gasteiger partial charge in [0.15, 0.2) is 0 Å². The Labute approximate surface area is 271 Å². The number of hydrogen-bond acceptors (Lipinski definition) is 5. The summed E-state index contributed by atoms with van der Waals surface area (Å²) in [6.07, 6.45) is 11.2. The third-order valence-corrected chi connectivity index (χ3v) is 10.4. The minimum absolute atomic E-state index is 0.0646. The Balaban J connectivity index is 1.17. The molecule has 45 heavy (non-hydrogen) atoms. The molecule has 8 nitrogen and oxygen atoms in total. The Hall–Kier alpha value is -3.10. The number of nitrogens with two attached hydrogens (primary N) is 1. The van der Waals surface area contributed by atoms with Crippen LogP contribution in [0, 0.1) is 0 Å². The molecule has 3 heterocycles. The average Bonchev–Trinajstić information content (AvgIpc) is 3.09. The predicted octanol–water partition coefficient (Wildman–Crippen LogP) is 4.79. The molecule has 3 aliphatic heterocycles. The lowest BCUT2D eigenvalue weighted by Gasteiger charge is -2.41. The second-order valence-corrected chi connectivity index (χ2v) is 13.3. The molecule has 0 aliphatic carbocycles. The molecule has 246 valence electrons. The number of para-hydroxylation sites is 1. The van der Waals surface area contributed by atoms with Gasteiger partial charge in [-0.2, -0.15) is 0 Å². The number of amides is 3. The Morgan fingerprint density at radius 3 is 2.20 bits per heavy atom. The van der Waals surface area contributed by atoms with Crippen molar-refractivity contribution in [3.8, 4) is 0 Å². The van der Waals surface area contributed by atoms with Gasteiger partial charge >= 0.3 is 6.03 Å². The molecule has 4 N–H and O–H groups in total. The molecular weight excluding hydrogens is 560 g/mol. The fraction of sp³-hybridized carbons (Fsp3) is 0.622. The van der Waals surface area contributed by atoms with Crippen molar-refractivity contribution >= 4 is 17.6 Å². The van der Waals surface area contributed by atoms with Crippen molar-refractivity contribution in [2.24, 2.45) is 0 Å². The summed E-state index contributed by atoms with van der Waals surface area (Å²) in [6, 6.07) is 14.9. The van der Waals surface area contributed by atoms with Crippen LogP contribution in [0.4, 0.5) is 10.5 Å². The molecule has 3 aliphatic rings. The average molecular weight is 617 g/mol. The SMILES string of the molecule is CCc1ccc(C[C@@H](NC(=O)N2CCC(NCCc3ccccc3N)CC2)C(=O)N2CCC(N3CCCCC3)CC2)cc1CC. The van der Waals surface area contributed by atoms with Crippen LogP contribution in [0.1, 0.15) is 81.0 Å². The molecule has 3 fully saturated rings. The molecule has 0 aromatic heterocycles. The van der Waals surface area contributed by atoms with E-state index in [1.165, 1.54) is 49.0 Å². The first-order chi connectivity index (χ1) is 21.9. The number of carbonyl (C=O) groups excluding carboxylic acids is 2. The van der Waals surface area contributed by atoms with Crippen LogP contribution >= 0.6 is 0 Å². The molecule has 2 aromatic rings. The van der Waals surface area contributed by atoms with Crippen LogP contribution in [-0.4, -0.2) is 90.6 Å². The number of carbonyl (C=O) groups is 2. The van der Waals surface area contributed by atoms with Gasteiger partial charge in [0.25, 0.3) is 0 Å². The third kappa shape index (κ3) is 9.01. The number of aryl methyl sites for hydroxylation is 2. The number of benzene rings is 2. The van der Waals surface area contributed by atoms with Gasteiger partial charge in [0.2, 0.25) is 5.91 Å². The predicted molar refractivity (Wildman–Crippen MR) is 183 cm³/mol. The molecule has 3 saturated heterocycles. The Kier molecular flexibility index (Phi) is 12.2. The highest BCUT2D eigenvalue weighted by molar-refractivity contribution is 5.87. The van der Waals surface area contributed by atoms with Crippen molar-refractivity contribution in [2.75, 3.05) is 51.5 Å². The number of piperidine rings is 3. The van der Waals surface area contributed by atoms with E-state index in [9.17, 15) is 9.59 Å². The normalized spacial score (nSPS) is 19.4. The van der Waals surface area contributed by atoms with Crippen molar-refractivity contribution in [3.05, 3.63) is 64.7 Å². The number of urea groups is 1. The summed E-state index contributed by atoms with van der Waals surface area (Å²) in [5, 5.41) is 6.87. The van der Waals surface area contributed by atoms with Crippen molar-refractivity contribution in [2.45, 2.75) is 103 Å². The fourth-order valence-corrected chi connectivity index (χ4v) is 7.57. The number of nitrogens with one attached hydrogen (secondary N) is 2. The summed E-state index contributed by atoms with van der Waals surface area (Å²) in [7, 11) is 0. The number of likely N-dealkylation sites (tertiary alicyclic amines) is 3. The molecular formula is C37H56N6O2. The number of rotatable bonds is 11. The first kappa shape index (κ1) is 33.3. The van der Waals surface area contributed by atoms with E-state index in [0.29, 0.717) is 31.6 Å². The summed E-state index contributed by atoms with van der Waals surface area (Å²) in [4.78, 5) is 34.2. The van der Waals surface area contributed by atoms with Gasteiger partial charge < -0.3 is 31.1 Å². The first-order valence-electron chi connectivity index (χ1n) is 17.7. The molecule has 3 amide bonds. The zero-order chi connectivity index (χ0) is 31.6. The van der Waals surface area contributed by atoms with Crippen LogP contribution in [0.2, 0.25) is 0 Å². The molecule has 8 heteroatoms. The van der Waals surface area contributed by atoms with Gasteiger partial charge in [0, 0.05) is 50.4 Å². The van der Waals surface area contributed by atoms with E-state index in [0.717, 1.165) is 75.8 Å². The van der Waals surface area contributed by atoms with Gasteiger partial charge in [-0.15, -0.1) is 0 Å². The van der Waals surface area contributed by atoms with Crippen LogP contribution in [0.5, 0.6) is 0 Å². The lowest BCUT2D eigenvalue weighted by atomic mass is 9.95. The number of anilines is 1. The Morgan fingerprint density at radius 2 is 1.51 bits per heavy atom. The van der Waals surface area contributed by atoms with E-state index in [2.05, 4.69) is 53.6 Å². The number of nitrogen functional groups attached to an aromatic ring is 1. The fourth-order valence-electron chi connectivity index (χ4n) is 7.57. The summed E-state index contributed by atoms with van der Waals surface area (Å²) in [5.41, 5.74) is 11.9. The van der Waals surface area contributed by atoms with Gasteiger partial charge in [-0.05, 0) is 106 Å². The molecule has 0 unspecified atom stereocenters. The van der Waals surface area contributed by atoms with Gasteiger partial charge in [-0.3, -0.25) is 4.79 Å². The summed E-state index contributed by atoms with van der Waals surface area (Å²) >= 11 is 0. The smallest absolute Gasteiger partial charge is 0.318 e. The summed E-state index contributed by atoms with van der Waals surface area (Å²) in [5.74, 6) is 0.0646. The van der Waals surface area contributed by atoms with E-state index >= 15 is 0 Å². The van der Waals surface area contributed by atoms with Crippen LogP contribution in [0.15, 0.2) is 42.5 Å². The molecule has 1 atom stereocenters. The van der Waals surface area contributed by atoms with Crippen molar-refractivity contribution in [1.29, 1.82) is 0 Å². The van der Waals surface area contributed by atoms with Crippen LogP contribution < -0.4 is 16.4 Å². The maximum absolute atomic E-state index is 14.1. The Morgan fingerprint density at radius 1 is 0.822 bits per heavy atom. The van der Waals surface area contributed by atoms with Gasteiger partial charge in [-0.25, -0.2) is 4.79 Å². The van der Waals surface area contributed by atoms with E-state index in [1.54, 1.807) is 0 Å². The number of nitrogens with zero attached hydrogens (tertiary/aromatic N) is 3.